The number of carbonyl (C=O) groups is 1. The lowest BCUT2D eigenvalue weighted by molar-refractivity contribution is -0.175. The van der Waals surface area contributed by atoms with Gasteiger partial charge in [0.05, 0.1) is 44.1 Å². The highest BCUT2D eigenvalue weighted by Gasteiger charge is 2.58. The summed E-state index contributed by atoms with van der Waals surface area (Å²) in [6, 6.07) is 12.9. The predicted molar refractivity (Wildman–Crippen MR) is 133 cm³/mol. The van der Waals surface area contributed by atoms with Crippen LogP contribution >= 0.6 is 0 Å². The molecule has 186 valence electrons. The molecule has 0 saturated heterocycles. The summed E-state index contributed by atoms with van der Waals surface area (Å²) in [6.07, 6.45) is 9.18. The molecule has 4 saturated carbocycles. The van der Waals surface area contributed by atoms with Crippen molar-refractivity contribution in [3.05, 3.63) is 71.9 Å². The van der Waals surface area contributed by atoms with Crippen LogP contribution in [0, 0.1) is 29.0 Å². The van der Waals surface area contributed by atoms with Gasteiger partial charge >= 0.3 is 0 Å². The molecule has 0 radical (unpaired) electrons. The largest absolute Gasteiger partial charge is 0.497 e. The van der Waals surface area contributed by atoms with E-state index in [1.165, 1.54) is 6.07 Å². The Morgan fingerprint density at radius 3 is 2.64 bits per heavy atom. The molecule has 4 fully saturated rings. The SMILES string of the molecule is COc1ccc(COC2C3CC4CC2CC(C(=O)CC2c5c(F)cccc5-c5cncn52)(C4)C3)cc1. The first-order valence-electron chi connectivity index (χ1n) is 13.1. The minimum atomic E-state index is -0.304. The van der Waals surface area contributed by atoms with Crippen LogP contribution in [0.1, 0.15) is 55.7 Å². The van der Waals surface area contributed by atoms with Gasteiger partial charge in [0.2, 0.25) is 0 Å². The fourth-order valence-corrected chi connectivity index (χ4v) is 8.10. The van der Waals surface area contributed by atoms with E-state index in [0.717, 1.165) is 54.7 Å². The maximum atomic E-state index is 14.9. The third-order valence-electron chi connectivity index (χ3n) is 9.42. The number of ether oxygens (including phenoxy) is 2. The van der Waals surface area contributed by atoms with Crippen LogP contribution < -0.4 is 4.74 Å². The molecule has 5 nitrogen and oxygen atoms in total. The van der Waals surface area contributed by atoms with Gasteiger partial charge in [0, 0.05) is 23.0 Å². The molecular weight excluding hydrogens is 455 g/mol. The maximum Gasteiger partial charge on any atom is 0.141 e. The van der Waals surface area contributed by atoms with E-state index in [9.17, 15) is 9.18 Å². The Morgan fingerprint density at radius 1 is 1.11 bits per heavy atom. The van der Waals surface area contributed by atoms with Gasteiger partial charge in [-0.15, -0.1) is 0 Å². The van der Waals surface area contributed by atoms with Crippen LogP contribution in [0.2, 0.25) is 0 Å². The van der Waals surface area contributed by atoms with Gasteiger partial charge in [-0.25, -0.2) is 9.37 Å². The molecule has 0 N–H and O–H groups in total. The van der Waals surface area contributed by atoms with Gasteiger partial charge in [-0.1, -0.05) is 24.3 Å². The normalized spacial score (nSPS) is 31.3. The molecule has 0 amide bonds. The molecule has 5 aliphatic rings. The van der Waals surface area contributed by atoms with Gasteiger partial charge in [-0.2, -0.15) is 0 Å². The molecule has 3 aromatic rings. The average Bonchev–Trinajstić information content (AvgIpc) is 3.47. The molecule has 0 spiro atoms. The molecule has 2 heterocycles. The molecule has 1 aliphatic heterocycles. The number of imidazole rings is 1. The second-order valence-corrected chi connectivity index (χ2v) is 11.4. The highest BCUT2D eigenvalue weighted by atomic mass is 19.1. The monoisotopic (exact) mass is 486 g/mol. The Kier molecular flexibility index (Phi) is 5.11. The summed E-state index contributed by atoms with van der Waals surface area (Å²) in [4.78, 5) is 18.3. The second-order valence-electron chi connectivity index (χ2n) is 11.4. The molecule has 3 unspecified atom stereocenters. The standard InChI is InChI=1S/C30H31FN2O3/c1-35-22-7-5-18(6-8-22)16-36-29-20-9-19-10-21(29)14-30(12-19,13-20)27(34)11-25-28-23(3-2-4-24(28)31)26-15-32-17-33(25)26/h2-8,15,17,19-21,25,29H,9-14,16H2,1H3. The number of benzene rings is 2. The molecule has 8 rings (SSSR count). The van der Waals surface area contributed by atoms with Crippen molar-refractivity contribution in [2.75, 3.05) is 7.11 Å². The molecule has 36 heavy (non-hydrogen) atoms. The number of aromatic nitrogens is 2. The first kappa shape index (κ1) is 22.2. The van der Waals surface area contributed by atoms with Crippen molar-refractivity contribution in [3.63, 3.8) is 0 Å². The Balaban J connectivity index is 1.09. The van der Waals surface area contributed by atoms with Gasteiger partial charge < -0.3 is 14.0 Å². The van der Waals surface area contributed by atoms with Crippen LogP contribution in [0.4, 0.5) is 4.39 Å². The van der Waals surface area contributed by atoms with E-state index >= 15 is 0 Å². The van der Waals surface area contributed by atoms with Gasteiger partial charge in [-0.3, -0.25) is 4.79 Å². The Labute approximate surface area is 210 Å². The molecule has 2 aromatic carbocycles. The van der Waals surface area contributed by atoms with Crippen LogP contribution in [0.3, 0.4) is 0 Å². The minimum absolute atomic E-state index is 0.217. The Hall–Kier alpha value is -2.99. The van der Waals surface area contributed by atoms with Crippen LogP contribution in [-0.2, 0) is 16.1 Å². The van der Waals surface area contributed by atoms with Crippen LogP contribution in [0.5, 0.6) is 5.75 Å². The maximum absolute atomic E-state index is 14.9. The van der Waals surface area contributed by atoms with Crippen molar-refractivity contribution < 1.29 is 18.7 Å². The summed E-state index contributed by atoms with van der Waals surface area (Å²) in [5, 5.41) is 0. The fourth-order valence-electron chi connectivity index (χ4n) is 8.10. The summed E-state index contributed by atoms with van der Waals surface area (Å²) < 4.78 is 28.7. The van der Waals surface area contributed by atoms with E-state index in [0.29, 0.717) is 42.1 Å². The summed E-state index contributed by atoms with van der Waals surface area (Å²) in [5.41, 5.74) is 3.27. The van der Waals surface area contributed by atoms with Gasteiger partial charge in [0.1, 0.15) is 17.3 Å². The molecule has 6 heteroatoms. The summed E-state index contributed by atoms with van der Waals surface area (Å²) in [5.74, 6) is 2.37. The fraction of sp³-hybridized carbons (Fsp3) is 0.467. The van der Waals surface area contributed by atoms with Crippen LogP contribution in [0.25, 0.3) is 11.3 Å². The Bertz CT molecular complexity index is 1300. The quantitative estimate of drug-likeness (QED) is 0.413. The first-order chi connectivity index (χ1) is 17.5. The van der Waals surface area contributed by atoms with Crippen LogP contribution in [0.15, 0.2) is 55.0 Å². The molecule has 4 aliphatic carbocycles. The number of Topliss-reactive ketones (excluding diaryl/α,β-unsaturated/α-hetero) is 1. The zero-order valence-electron chi connectivity index (χ0n) is 20.5. The average molecular weight is 487 g/mol. The van der Waals surface area contributed by atoms with E-state index < -0.39 is 0 Å². The number of nitrogens with zero attached hydrogens (tertiary/aromatic N) is 2. The van der Waals surface area contributed by atoms with Crippen LogP contribution in [-0.4, -0.2) is 28.5 Å². The highest BCUT2D eigenvalue weighted by Crippen LogP contribution is 2.62. The van der Waals surface area contributed by atoms with E-state index in [-0.39, 0.29) is 23.4 Å². The topological polar surface area (TPSA) is 53.4 Å². The highest BCUT2D eigenvalue weighted by molar-refractivity contribution is 5.87. The van der Waals surface area contributed by atoms with Crippen molar-refractivity contribution in [3.8, 4) is 17.0 Å². The predicted octanol–water partition coefficient (Wildman–Crippen LogP) is 5.97. The lowest BCUT2D eigenvalue weighted by Crippen LogP contribution is -2.57. The zero-order chi connectivity index (χ0) is 24.4. The van der Waals surface area contributed by atoms with Crippen molar-refractivity contribution in [1.29, 1.82) is 0 Å². The van der Waals surface area contributed by atoms with E-state index in [1.54, 1.807) is 25.7 Å². The third-order valence-corrected chi connectivity index (χ3v) is 9.42. The van der Waals surface area contributed by atoms with Crippen molar-refractivity contribution in [2.24, 2.45) is 23.2 Å². The lowest BCUT2D eigenvalue weighted by atomic mass is 9.47. The summed E-state index contributed by atoms with van der Waals surface area (Å²) >= 11 is 0. The van der Waals surface area contributed by atoms with E-state index in [1.807, 2.05) is 22.8 Å². The molecule has 3 atom stereocenters. The van der Waals surface area contributed by atoms with Gasteiger partial charge in [0.15, 0.2) is 0 Å². The van der Waals surface area contributed by atoms with Gasteiger partial charge in [-0.05, 0) is 73.6 Å². The first-order valence-corrected chi connectivity index (χ1v) is 13.1. The Morgan fingerprint density at radius 2 is 1.89 bits per heavy atom. The van der Waals surface area contributed by atoms with Crippen molar-refractivity contribution in [2.45, 2.75) is 57.3 Å². The number of hydrogen-bond acceptors (Lipinski definition) is 4. The lowest BCUT2D eigenvalue weighted by Gasteiger charge is -2.59. The van der Waals surface area contributed by atoms with Crippen molar-refractivity contribution >= 4 is 5.78 Å². The number of rotatable bonds is 7. The van der Waals surface area contributed by atoms with E-state index in [4.69, 9.17) is 9.47 Å². The molecule has 1 aromatic heterocycles. The number of hydrogen-bond donors (Lipinski definition) is 0. The number of halogens is 1. The molecular formula is C30H31FN2O3. The number of fused-ring (bicyclic) bond motifs is 3. The number of methoxy groups -OCH3 is 1. The zero-order valence-corrected chi connectivity index (χ0v) is 20.5. The number of ketones is 1. The smallest absolute Gasteiger partial charge is 0.141 e. The molecule has 4 bridgehead atoms. The number of carbonyl (C=O) groups excluding carboxylic acids is 1. The van der Waals surface area contributed by atoms with Crippen molar-refractivity contribution in [1.82, 2.24) is 9.55 Å². The van der Waals surface area contributed by atoms with E-state index in [2.05, 4.69) is 17.1 Å². The minimum Gasteiger partial charge on any atom is -0.497 e. The van der Waals surface area contributed by atoms with Gasteiger partial charge in [0.25, 0.3) is 0 Å². The summed E-state index contributed by atoms with van der Waals surface area (Å²) in [7, 11) is 1.67. The summed E-state index contributed by atoms with van der Waals surface area (Å²) in [6.45, 7) is 0.592. The third kappa shape index (κ3) is 3.37. The second kappa shape index (κ2) is 8.27.